The van der Waals surface area contributed by atoms with Crippen LogP contribution in [0.3, 0.4) is 0 Å². The molecular formula is C16H8Br7NO3. The Kier molecular flexibility index (Phi) is 6.01. The molecule has 144 valence electrons. The predicted octanol–water partition coefficient (Wildman–Crippen LogP) is 6.42. The zero-order valence-corrected chi connectivity index (χ0v) is 24.1. The maximum Gasteiger partial charge on any atom is 0.269 e. The van der Waals surface area contributed by atoms with Crippen LogP contribution in [0.1, 0.15) is 16.8 Å². The molecule has 27 heavy (non-hydrogen) atoms. The van der Waals surface area contributed by atoms with E-state index >= 15 is 0 Å². The SMILES string of the molecule is O=C(c1c(Br)c(Br)c(Br)c(Br)c1Br)N1C(=O)C2C3CC(C(Br)C3Br)C2C1=O. The Morgan fingerprint density at radius 2 is 1.11 bits per heavy atom. The van der Waals surface area contributed by atoms with E-state index in [2.05, 4.69) is 112 Å². The topological polar surface area (TPSA) is 54.5 Å². The van der Waals surface area contributed by atoms with Gasteiger partial charge in [-0.25, -0.2) is 4.90 Å². The molecule has 2 saturated carbocycles. The van der Waals surface area contributed by atoms with Gasteiger partial charge in [0.25, 0.3) is 5.91 Å². The van der Waals surface area contributed by atoms with Gasteiger partial charge in [0, 0.05) is 32.0 Å². The van der Waals surface area contributed by atoms with E-state index in [0.717, 1.165) is 11.3 Å². The molecule has 3 amide bonds. The number of alkyl halides is 2. The lowest BCUT2D eigenvalue weighted by Gasteiger charge is -2.28. The van der Waals surface area contributed by atoms with E-state index in [-0.39, 0.29) is 38.9 Å². The molecule has 2 aliphatic carbocycles. The molecule has 1 aromatic rings. The largest absolute Gasteiger partial charge is 0.274 e. The maximum absolute atomic E-state index is 13.3. The van der Waals surface area contributed by atoms with Crippen LogP contribution in [0, 0.1) is 23.7 Å². The minimum atomic E-state index is -0.622. The molecule has 1 aliphatic heterocycles. The molecule has 6 unspecified atom stereocenters. The van der Waals surface area contributed by atoms with E-state index in [1.54, 1.807) is 0 Å². The molecule has 4 rings (SSSR count). The van der Waals surface area contributed by atoms with Crippen molar-refractivity contribution in [1.82, 2.24) is 4.90 Å². The molecule has 0 spiro atoms. The van der Waals surface area contributed by atoms with Crippen molar-refractivity contribution >= 4 is 129 Å². The summed E-state index contributed by atoms with van der Waals surface area (Å²) in [6, 6.07) is 0. The summed E-state index contributed by atoms with van der Waals surface area (Å²) >= 11 is 24.4. The van der Waals surface area contributed by atoms with Crippen molar-refractivity contribution in [3.8, 4) is 0 Å². The fourth-order valence-corrected chi connectivity index (χ4v) is 9.71. The summed E-state index contributed by atoms with van der Waals surface area (Å²) in [7, 11) is 0. The minimum Gasteiger partial charge on any atom is -0.274 e. The van der Waals surface area contributed by atoms with E-state index in [1.165, 1.54) is 0 Å². The highest BCUT2D eigenvalue weighted by molar-refractivity contribution is 9.15. The van der Waals surface area contributed by atoms with E-state index < -0.39 is 17.7 Å². The number of benzene rings is 1. The summed E-state index contributed by atoms with van der Waals surface area (Å²) < 4.78 is 2.86. The second-order valence-electron chi connectivity index (χ2n) is 6.77. The fourth-order valence-electron chi connectivity index (χ4n) is 4.45. The highest BCUT2D eigenvalue weighted by Gasteiger charge is 2.67. The van der Waals surface area contributed by atoms with Crippen molar-refractivity contribution in [2.75, 3.05) is 0 Å². The standard InChI is InChI=1S/C16H8Br7NO3/c17-7-2-1-3(8(7)18)5-4(2)14(25)24(15(5)26)16(27)6-9(19)11(21)13(23)12(22)10(6)20/h2-5,7-8H,1H2. The smallest absolute Gasteiger partial charge is 0.269 e. The molecule has 0 radical (unpaired) electrons. The van der Waals surface area contributed by atoms with Crippen molar-refractivity contribution in [2.45, 2.75) is 16.1 Å². The average molecular weight is 822 g/mol. The molecule has 1 saturated heterocycles. The number of imide groups is 3. The van der Waals surface area contributed by atoms with Crippen LogP contribution in [0.5, 0.6) is 0 Å². The van der Waals surface area contributed by atoms with Crippen LogP contribution in [0.15, 0.2) is 22.4 Å². The summed E-state index contributed by atoms with van der Waals surface area (Å²) in [5.74, 6) is -2.12. The van der Waals surface area contributed by atoms with Crippen molar-refractivity contribution in [3.63, 3.8) is 0 Å². The molecule has 3 aliphatic rings. The predicted molar refractivity (Wildman–Crippen MR) is 125 cm³/mol. The van der Waals surface area contributed by atoms with Crippen LogP contribution in [-0.4, -0.2) is 32.3 Å². The fraction of sp³-hybridized carbons (Fsp3) is 0.438. The average Bonchev–Trinajstić information content (AvgIpc) is 3.23. The lowest BCUT2D eigenvalue weighted by molar-refractivity contribution is -0.137. The number of rotatable bonds is 1. The van der Waals surface area contributed by atoms with Crippen LogP contribution >= 0.6 is 112 Å². The van der Waals surface area contributed by atoms with Gasteiger partial charge in [0.2, 0.25) is 11.8 Å². The summed E-state index contributed by atoms with van der Waals surface area (Å²) in [5.41, 5.74) is 0.219. The summed E-state index contributed by atoms with van der Waals surface area (Å²) in [4.78, 5) is 40.6. The van der Waals surface area contributed by atoms with Gasteiger partial charge in [0.05, 0.1) is 17.4 Å². The molecule has 4 nitrogen and oxygen atoms in total. The van der Waals surface area contributed by atoms with Crippen LogP contribution < -0.4 is 0 Å². The first-order valence-electron chi connectivity index (χ1n) is 7.81. The number of carbonyl (C=O) groups is 3. The number of likely N-dealkylation sites (tertiary alicyclic amines) is 1. The van der Waals surface area contributed by atoms with Gasteiger partial charge in [0.1, 0.15) is 0 Å². The van der Waals surface area contributed by atoms with Gasteiger partial charge < -0.3 is 0 Å². The Bertz CT molecular complexity index is 859. The molecule has 1 aromatic carbocycles. The Hall–Kier alpha value is 1.39. The molecule has 6 atom stereocenters. The lowest BCUT2D eigenvalue weighted by atomic mass is 9.81. The number of hydrogen-bond donors (Lipinski definition) is 0. The van der Waals surface area contributed by atoms with Crippen molar-refractivity contribution in [3.05, 3.63) is 27.9 Å². The van der Waals surface area contributed by atoms with Gasteiger partial charge in [-0.2, -0.15) is 0 Å². The third-order valence-corrected chi connectivity index (χ3v) is 14.9. The number of halogens is 7. The van der Waals surface area contributed by atoms with Gasteiger partial charge in [0.15, 0.2) is 0 Å². The second-order valence-corrected chi connectivity index (χ2v) is 12.8. The van der Waals surface area contributed by atoms with E-state index in [1.807, 2.05) is 0 Å². The molecule has 0 N–H and O–H groups in total. The van der Waals surface area contributed by atoms with Crippen LogP contribution in [0.4, 0.5) is 0 Å². The van der Waals surface area contributed by atoms with E-state index in [9.17, 15) is 14.4 Å². The van der Waals surface area contributed by atoms with Crippen molar-refractivity contribution in [2.24, 2.45) is 23.7 Å². The monoisotopic (exact) mass is 814 g/mol. The van der Waals surface area contributed by atoms with Crippen LogP contribution in [0.25, 0.3) is 0 Å². The summed E-state index contributed by atoms with van der Waals surface area (Å²) in [6.45, 7) is 0. The first-order valence-corrected chi connectivity index (χ1v) is 13.6. The summed E-state index contributed by atoms with van der Waals surface area (Å²) in [6.07, 6.45) is 0.823. The third kappa shape index (κ3) is 2.95. The number of carbonyl (C=O) groups excluding carboxylic acids is 3. The molecule has 2 bridgehead atoms. The zero-order chi connectivity index (χ0) is 19.9. The highest BCUT2D eigenvalue weighted by Crippen LogP contribution is 2.60. The number of hydrogen-bond acceptors (Lipinski definition) is 3. The van der Waals surface area contributed by atoms with Crippen LogP contribution in [0.2, 0.25) is 0 Å². The Morgan fingerprint density at radius 3 is 1.52 bits per heavy atom. The molecular weight excluding hydrogens is 814 g/mol. The number of fused-ring (bicyclic) bond motifs is 5. The normalized spacial score (nSPS) is 34.6. The van der Waals surface area contributed by atoms with Gasteiger partial charge in [-0.3, -0.25) is 14.4 Å². The van der Waals surface area contributed by atoms with Gasteiger partial charge >= 0.3 is 0 Å². The van der Waals surface area contributed by atoms with Gasteiger partial charge in [-0.1, -0.05) is 31.9 Å². The van der Waals surface area contributed by atoms with Crippen molar-refractivity contribution < 1.29 is 14.4 Å². The number of amides is 3. The zero-order valence-electron chi connectivity index (χ0n) is 13.0. The van der Waals surface area contributed by atoms with Gasteiger partial charge in [-0.05, 0) is 97.9 Å². The van der Waals surface area contributed by atoms with E-state index in [0.29, 0.717) is 22.4 Å². The first kappa shape index (κ1) is 21.6. The Labute approximate surface area is 213 Å². The Balaban J connectivity index is 1.77. The van der Waals surface area contributed by atoms with Crippen LogP contribution in [-0.2, 0) is 9.59 Å². The highest BCUT2D eigenvalue weighted by atomic mass is 79.9. The minimum absolute atomic E-state index is 0.0638. The molecule has 11 heteroatoms. The molecule has 1 heterocycles. The second kappa shape index (κ2) is 7.51. The quantitative estimate of drug-likeness (QED) is 0.143. The summed E-state index contributed by atoms with van der Waals surface area (Å²) in [5, 5.41) is 0. The van der Waals surface area contributed by atoms with Crippen molar-refractivity contribution in [1.29, 1.82) is 0 Å². The van der Waals surface area contributed by atoms with E-state index in [4.69, 9.17) is 0 Å². The maximum atomic E-state index is 13.3. The number of nitrogens with zero attached hydrogens (tertiary/aromatic N) is 1. The third-order valence-electron chi connectivity index (χ3n) is 5.61. The lowest BCUT2D eigenvalue weighted by Crippen LogP contribution is -2.39. The molecule has 3 fully saturated rings. The molecule has 0 aromatic heterocycles. The van der Waals surface area contributed by atoms with Gasteiger partial charge in [-0.15, -0.1) is 0 Å². The first-order chi connectivity index (χ1) is 12.6. The Morgan fingerprint density at radius 1 is 0.741 bits per heavy atom.